The van der Waals surface area contributed by atoms with Crippen molar-refractivity contribution in [1.82, 2.24) is 9.80 Å². The molecule has 1 aliphatic heterocycles. The third-order valence-corrected chi connectivity index (χ3v) is 4.76. The number of benzene rings is 1. The number of hydrogen-bond donors (Lipinski definition) is 0. The number of morpholine rings is 1. The molecule has 0 N–H and O–H groups in total. The van der Waals surface area contributed by atoms with Crippen LogP contribution in [0.3, 0.4) is 0 Å². The van der Waals surface area contributed by atoms with Gasteiger partial charge in [0.15, 0.2) is 0 Å². The van der Waals surface area contributed by atoms with Crippen LogP contribution < -0.4 is 5.63 Å². The maximum atomic E-state index is 12.0. The molecule has 26 heavy (non-hydrogen) atoms. The topological polar surface area (TPSA) is 69.7 Å². The van der Waals surface area contributed by atoms with Crippen LogP contribution in [0.2, 0.25) is 0 Å². The highest BCUT2D eigenvalue weighted by Crippen LogP contribution is 2.20. The average Bonchev–Trinajstić information content (AvgIpc) is 2.64. The lowest BCUT2D eigenvalue weighted by atomic mass is 10.1. The summed E-state index contributed by atoms with van der Waals surface area (Å²) in [7, 11) is 0. The molecular formula is C20H25N3O3. The van der Waals surface area contributed by atoms with Crippen LogP contribution in [0, 0.1) is 18.3 Å². The molecule has 0 spiro atoms. The van der Waals surface area contributed by atoms with Gasteiger partial charge in [0.25, 0.3) is 0 Å². The molecule has 1 fully saturated rings. The van der Waals surface area contributed by atoms with E-state index in [2.05, 4.69) is 15.9 Å². The third-order valence-electron chi connectivity index (χ3n) is 4.76. The Labute approximate surface area is 153 Å². The number of hydrogen-bond acceptors (Lipinski definition) is 6. The van der Waals surface area contributed by atoms with Crippen molar-refractivity contribution < 1.29 is 9.15 Å². The van der Waals surface area contributed by atoms with Crippen molar-refractivity contribution in [2.24, 2.45) is 0 Å². The predicted molar refractivity (Wildman–Crippen MR) is 100.0 cm³/mol. The van der Waals surface area contributed by atoms with Crippen molar-refractivity contribution in [1.29, 1.82) is 5.26 Å². The molecule has 138 valence electrons. The molecule has 1 aromatic heterocycles. The van der Waals surface area contributed by atoms with Crippen molar-refractivity contribution in [2.75, 3.05) is 45.9 Å². The third kappa shape index (κ3) is 4.92. The Morgan fingerprint density at radius 3 is 2.81 bits per heavy atom. The smallest absolute Gasteiger partial charge is 0.336 e. The lowest BCUT2D eigenvalue weighted by Gasteiger charge is -2.30. The maximum absolute atomic E-state index is 12.0. The van der Waals surface area contributed by atoms with Crippen LogP contribution in [0.15, 0.2) is 33.5 Å². The first-order chi connectivity index (χ1) is 12.7. The van der Waals surface area contributed by atoms with Crippen molar-refractivity contribution in [3.63, 3.8) is 0 Å². The highest BCUT2D eigenvalue weighted by Gasteiger charge is 2.14. The second-order valence-electron chi connectivity index (χ2n) is 6.73. The van der Waals surface area contributed by atoms with E-state index in [1.54, 1.807) is 6.07 Å². The Hall–Kier alpha value is -2.20. The van der Waals surface area contributed by atoms with E-state index in [9.17, 15) is 4.79 Å². The summed E-state index contributed by atoms with van der Waals surface area (Å²) in [4.78, 5) is 16.6. The van der Waals surface area contributed by atoms with E-state index in [0.717, 1.165) is 55.9 Å². The van der Waals surface area contributed by atoms with Gasteiger partial charge >= 0.3 is 5.63 Å². The van der Waals surface area contributed by atoms with Gasteiger partial charge in [-0.05, 0) is 24.1 Å². The fourth-order valence-corrected chi connectivity index (χ4v) is 3.29. The minimum absolute atomic E-state index is 0.327. The van der Waals surface area contributed by atoms with Crippen molar-refractivity contribution in [3.8, 4) is 6.07 Å². The van der Waals surface area contributed by atoms with E-state index in [1.807, 2.05) is 25.1 Å². The standard InChI is InChI=1S/C20H25N3O3/c1-16-3-4-18-17(14-20(24)26-19(18)13-16)15-23(6-2-5-21)8-7-22-9-11-25-12-10-22/h3-4,13-14H,2,6-12,15H2,1H3. The van der Waals surface area contributed by atoms with E-state index in [4.69, 9.17) is 14.4 Å². The summed E-state index contributed by atoms with van der Waals surface area (Å²) >= 11 is 0. The molecule has 6 nitrogen and oxygen atoms in total. The minimum atomic E-state index is -0.327. The van der Waals surface area contributed by atoms with Crippen LogP contribution in [-0.4, -0.2) is 55.7 Å². The number of nitrogens with zero attached hydrogens (tertiary/aromatic N) is 3. The van der Waals surface area contributed by atoms with Gasteiger partial charge in [0, 0.05) is 57.1 Å². The van der Waals surface area contributed by atoms with Gasteiger partial charge in [0.2, 0.25) is 0 Å². The number of fused-ring (bicyclic) bond motifs is 1. The Bertz CT molecular complexity index is 834. The molecule has 6 heteroatoms. The van der Waals surface area contributed by atoms with Gasteiger partial charge < -0.3 is 9.15 Å². The Morgan fingerprint density at radius 2 is 2.04 bits per heavy atom. The number of rotatable bonds is 7. The van der Waals surface area contributed by atoms with E-state index in [0.29, 0.717) is 25.1 Å². The fraction of sp³-hybridized carbons (Fsp3) is 0.500. The summed E-state index contributed by atoms with van der Waals surface area (Å²) in [5.41, 5.74) is 2.31. The van der Waals surface area contributed by atoms with Gasteiger partial charge in [0.05, 0.1) is 19.3 Å². The van der Waals surface area contributed by atoms with Gasteiger partial charge in [-0.1, -0.05) is 12.1 Å². The first kappa shape index (κ1) is 18.6. The molecule has 0 saturated carbocycles. The monoisotopic (exact) mass is 355 g/mol. The fourth-order valence-electron chi connectivity index (χ4n) is 3.29. The molecule has 0 aliphatic carbocycles. The molecule has 2 aromatic rings. The Balaban J connectivity index is 1.76. The van der Waals surface area contributed by atoms with Gasteiger partial charge in [-0.3, -0.25) is 9.80 Å². The highest BCUT2D eigenvalue weighted by molar-refractivity contribution is 5.80. The molecule has 1 aromatic carbocycles. The summed E-state index contributed by atoms with van der Waals surface area (Å²) in [5.74, 6) is 0. The Kier molecular flexibility index (Phi) is 6.40. The van der Waals surface area contributed by atoms with Crippen molar-refractivity contribution in [3.05, 3.63) is 45.8 Å². The predicted octanol–water partition coefficient (Wildman–Crippen LogP) is 2.15. The van der Waals surface area contributed by atoms with Crippen LogP contribution in [-0.2, 0) is 11.3 Å². The van der Waals surface area contributed by atoms with Crippen LogP contribution in [0.1, 0.15) is 17.5 Å². The van der Waals surface area contributed by atoms with E-state index < -0.39 is 0 Å². The molecule has 1 aliphatic rings. The molecule has 0 atom stereocenters. The second-order valence-corrected chi connectivity index (χ2v) is 6.73. The number of nitriles is 1. The first-order valence-electron chi connectivity index (χ1n) is 9.08. The molecule has 1 saturated heterocycles. The summed E-state index contributed by atoms with van der Waals surface area (Å²) in [6.07, 6.45) is 0.474. The van der Waals surface area contributed by atoms with Crippen LogP contribution in [0.4, 0.5) is 0 Å². The quantitative estimate of drug-likeness (QED) is 0.709. The average molecular weight is 355 g/mol. The van der Waals surface area contributed by atoms with E-state index in [1.165, 1.54) is 0 Å². The molecular weight excluding hydrogens is 330 g/mol. The number of aryl methyl sites for hydroxylation is 1. The van der Waals surface area contributed by atoms with Crippen LogP contribution in [0.25, 0.3) is 11.0 Å². The van der Waals surface area contributed by atoms with E-state index in [-0.39, 0.29) is 5.63 Å². The summed E-state index contributed by atoms with van der Waals surface area (Å²) in [6, 6.07) is 9.73. The number of ether oxygens (including phenoxy) is 1. The molecule has 0 amide bonds. The molecule has 3 rings (SSSR count). The van der Waals surface area contributed by atoms with Crippen LogP contribution >= 0.6 is 0 Å². The highest BCUT2D eigenvalue weighted by atomic mass is 16.5. The summed E-state index contributed by atoms with van der Waals surface area (Å²) in [6.45, 7) is 8.55. The minimum Gasteiger partial charge on any atom is -0.423 e. The Morgan fingerprint density at radius 1 is 1.23 bits per heavy atom. The van der Waals surface area contributed by atoms with Gasteiger partial charge in [0.1, 0.15) is 5.58 Å². The normalized spacial score (nSPS) is 15.4. The largest absolute Gasteiger partial charge is 0.423 e. The molecule has 0 bridgehead atoms. The van der Waals surface area contributed by atoms with Gasteiger partial charge in [-0.25, -0.2) is 4.79 Å². The zero-order valence-electron chi connectivity index (χ0n) is 15.2. The summed E-state index contributed by atoms with van der Waals surface area (Å²) in [5, 5.41) is 9.94. The first-order valence-corrected chi connectivity index (χ1v) is 9.08. The van der Waals surface area contributed by atoms with Gasteiger partial charge in [-0.15, -0.1) is 0 Å². The SMILES string of the molecule is Cc1ccc2c(CN(CCC#N)CCN3CCOCC3)cc(=O)oc2c1. The zero-order valence-corrected chi connectivity index (χ0v) is 15.2. The van der Waals surface area contributed by atoms with Crippen LogP contribution in [0.5, 0.6) is 0 Å². The lowest BCUT2D eigenvalue weighted by molar-refractivity contribution is 0.0330. The van der Waals surface area contributed by atoms with Crippen molar-refractivity contribution >= 4 is 11.0 Å². The lowest BCUT2D eigenvalue weighted by Crippen LogP contribution is -2.41. The molecule has 0 radical (unpaired) electrons. The molecule has 0 unspecified atom stereocenters. The second kappa shape index (κ2) is 8.95. The van der Waals surface area contributed by atoms with E-state index >= 15 is 0 Å². The molecule has 2 heterocycles. The summed E-state index contributed by atoms with van der Waals surface area (Å²) < 4.78 is 10.7. The zero-order chi connectivity index (χ0) is 18.4. The van der Waals surface area contributed by atoms with Crippen molar-refractivity contribution in [2.45, 2.75) is 19.9 Å². The van der Waals surface area contributed by atoms with Gasteiger partial charge in [-0.2, -0.15) is 5.26 Å². The maximum Gasteiger partial charge on any atom is 0.336 e.